The Morgan fingerprint density at radius 3 is 2.36 bits per heavy atom. The fourth-order valence-electron chi connectivity index (χ4n) is 10.7. The predicted octanol–water partition coefficient (Wildman–Crippen LogP) is 5.30. The summed E-state index contributed by atoms with van der Waals surface area (Å²) in [4.78, 5) is 71.6. The molecule has 344 valence electrons. The zero-order valence-electron chi connectivity index (χ0n) is 37.2. The van der Waals surface area contributed by atoms with Gasteiger partial charge in [-0.2, -0.15) is 4.98 Å². The number of hydrogen-bond acceptors (Lipinski definition) is 12. The zero-order valence-corrected chi connectivity index (χ0v) is 37.2. The maximum Gasteiger partial charge on any atom is 0.278 e. The number of aromatic nitrogens is 5. The summed E-state index contributed by atoms with van der Waals surface area (Å²) in [6.45, 7) is 7.41. The minimum Gasteiger partial charge on any atom is -0.384 e. The smallest absolute Gasteiger partial charge is 0.278 e. The van der Waals surface area contributed by atoms with Gasteiger partial charge in [-0.25, -0.2) is 23.7 Å². The van der Waals surface area contributed by atoms with Crippen LogP contribution in [0.1, 0.15) is 87.2 Å². The van der Waals surface area contributed by atoms with Crippen LogP contribution in [0.25, 0.3) is 16.9 Å². The summed E-state index contributed by atoms with van der Waals surface area (Å²) in [5, 5.41) is 19.7. The quantitative estimate of drug-likeness (QED) is 0.122. The summed E-state index contributed by atoms with van der Waals surface area (Å²) in [5.74, 6) is -1.32. The molecule has 17 heteroatoms. The van der Waals surface area contributed by atoms with Crippen LogP contribution in [0.4, 0.5) is 27.4 Å². The standard InChI is InChI=1S/C49H56FN11O5/c1-48(66)19-3-2-4-24-60-46(65)36-31-51-47(56-43(36)61(60)40-10-6-9-39(48)54-40)52-32-11-13-33(14-12-32)57-27-29-58(30-28-57)34-17-20-49(21-18-34)22-25-59(26-23-49)38-8-5-7-35(42(38)50)44(63)53-37-15-16-41(62)55-45(37)64/h2,4-14,31,34,37,66H,3,15-30H2,1H3,(H,53,63)(H,51,52,56)(H,55,62,64)/b4-2-/t37?,48-/m1/s1. The van der Waals surface area contributed by atoms with E-state index in [0.717, 1.165) is 89.2 Å². The summed E-state index contributed by atoms with van der Waals surface area (Å²) in [6, 6.07) is 18.3. The maximum atomic E-state index is 15.8. The molecule has 4 aliphatic heterocycles. The van der Waals surface area contributed by atoms with E-state index in [1.807, 2.05) is 36.4 Å². The minimum absolute atomic E-state index is 0.0961. The molecule has 0 radical (unpaired) electrons. The fourth-order valence-corrected chi connectivity index (χ4v) is 10.7. The van der Waals surface area contributed by atoms with Gasteiger partial charge >= 0.3 is 0 Å². The Balaban J connectivity index is 0.721. The van der Waals surface area contributed by atoms with E-state index >= 15 is 4.39 Å². The molecule has 5 aliphatic rings. The molecule has 1 spiro atoms. The average molecular weight is 898 g/mol. The second-order valence-electron chi connectivity index (χ2n) is 18.8. The summed E-state index contributed by atoms with van der Waals surface area (Å²) < 4.78 is 19.1. The molecular weight excluding hydrogens is 842 g/mol. The highest BCUT2D eigenvalue weighted by atomic mass is 19.1. The van der Waals surface area contributed by atoms with Crippen LogP contribution >= 0.6 is 0 Å². The lowest BCUT2D eigenvalue weighted by molar-refractivity contribution is -0.134. The minimum atomic E-state index is -1.13. The molecule has 3 saturated heterocycles. The highest BCUT2D eigenvalue weighted by Crippen LogP contribution is 2.46. The molecule has 1 aliphatic carbocycles. The van der Waals surface area contributed by atoms with Gasteiger partial charge in [-0.15, -0.1) is 0 Å². The van der Waals surface area contributed by atoms with Gasteiger partial charge in [0.05, 0.1) is 23.5 Å². The van der Waals surface area contributed by atoms with Gasteiger partial charge < -0.3 is 25.5 Å². The molecular formula is C49H56FN11O5. The fraction of sp³-hybridized carbons (Fsp3) is 0.449. The lowest BCUT2D eigenvalue weighted by atomic mass is 9.66. The van der Waals surface area contributed by atoms with Gasteiger partial charge in [0.2, 0.25) is 17.8 Å². The third-order valence-electron chi connectivity index (χ3n) is 14.7. The molecule has 16 nitrogen and oxygen atoms in total. The summed E-state index contributed by atoms with van der Waals surface area (Å²) in [6.07, 6.45) is 13.5. The van der Waals surface area contributed by atoms with Crippen LogP contribution in [0.3, 0.4) is 0 Å². The van der Waals surface area contributed by atoms with E-state index in [9.17, 15) is 24.3 Å². The molecule has 2 aromatic carbocycles. The Morgan fingerprint density at radius 2 is 1.61 bits per heavy atom. The van der Waals surface area contributed by atoms with Crippen molar-refractivity contribution in [3.8, 4) is 5.82 Å². The highest BCUT2D eigenvalue weighted by molar-refractivity contribution is 6.04. The SMILES string of the molecule is C[C@@]1(O)CC/C=C\Cn2c(=O)c3cnc(Nc4ccc(N5CCN(C6CCC7(CC6)CCN(c6cccc(C(=O)NC8CCC(=O)NC8=O)c6F)CC7)CC5)cc4)nc3n2-c2cccc1n2. The first-order valence-corrected chi connectivity index (χ1v) is 23.3. The molecule has 2 atom stereocenters. The van der Waals surface area contributed by atoms with Crippen molar-refractivity contribution < 1.29 is 23.9 Å². The van der Waals surface area contributed by atoms with E-state index in [-0.39, 0.29) is 35.3 Å². The number of rotatable bonds is 7. The van der Waals surface area contributed by atoms with E-state index in [4.69, 9.17) is 9.97 Å². The number of nitrogens with zero attached hydrogens (tertiary/aromatic N) is 8. The number of hydrogen-bond donors (Lipinski definition) is 4. The molecule has 4 N–H and O–H groups in total. The summed E-state index contributed by atoms with van der Waals surface area (Å²) >= 11 is 0. The molecule has 7 heterocycles. The number of halogens is 1. The van der Waals surface area contributed by atoms with E-state index in [1.165, 1.54) is 6.07 Å². The number of fused-ring (bicyclic) bond motifs is 6. The predicted molar refractivity (Wildman–Crippen MR) is 249 cm³/mol. The third kappa shape index (κ3) is 8.57. The number of benzene rings is 2. The lowest BCUT2D eigenvalue weighted by Crippen LogP contribution is -2.52. The van der Waals surface area contributed by atoms with Crippen LogP contribution in [0.5, 0.6) is 0 Å². The lowest BCUT2D eigenvalue weighted by Gasteiger charge is -2.49. The molecule has 5 aromatic rings. The van der Waals surface area contributed by atoms with Gasteiger partial charge in [-0.1, -0.05) is 24.3 Å². The second kappa shape index (κ2) is 17.7. The number of carbonyl (C=O) groups is 3. The van der Waals surface area contributed by atoms with Crippen LogP contribution in [0.15, 0.2) is 83.8 Å². The molecule has 3 amide bonds. The van der Waals surface area contributed by atoms with Crippen LogP contribution in [-0.4, -0.2) is 103 Å². The van der Waals surface area contributed by atoms with E-state index in [1.54, 1.807) is 40.7 Å². The third-order valence-corrected chi connectivity index (χ3v) is 14.7. The molecule has 3 aromatic heterocycles. The van der Waals surface area contributed by atoms with Gasteiger partial charge in [-0.3, -0.25) is 29.4 Å². The summed E-state index contributed by atoms with van der Waals surface area (Å²) in [5.41, 5.74) is 2.16. The molecule has 10 rings (SSSR count). The normalized spacial score (nSPS) is 23.2. The number of allylic oxidation sites excluding steroid dienone is 2. The summed E-state index contributed by atoms with van der Waals surface area (Å²) in [7, 11) is 0. The van der Waals surface area contributed by atoms with Gasteiger partial charge in [-0.05, 0) is 119 Å². The second-order valence-corrected chi connectivity index (χ2v) is 18.8. The van der Waals surface area contributed by atoms with Crippen molar-refractivity contribution in [3.63, 3.8) is 0 Å². The van der Waals surface area contributed by atoms with Crippen molar-refractivity contribution in [1.29, 1.82) is 0 Å². The van der Waals surface area contributed by atoms with E-state index in [0.29, 0.717) is 59.6 Å². The molecule has 2 bridgehead atoms. The highest BCUT2D eigenvalue weighted by Gasteiger charge is 2.40. The van der Waals surface area contributed by atoms with Gasteiger partial charge in [0.1, 0.15) is 17.0 Å². The topological polar surface area (TPSA) is 183 Å². The number of piperazine rings is 1. The van der Waals surface area contributed by atoms with Crippen molar-refractivity contribution in [2.75, 3.05) is 54.4 Å². The maximum absolute atomic E-state index is 15.8. The van der Waals surface area contributed by atoms with Crippen LogP contribution in [0.2, 0.25) is 0 Å². The van der Waals surface area contributed by atoms with E-state index in [2.05, 4.69) is 47.8 Å². The molecule has 66 heavy (non-hydrogen) atoms. The number of imide groups is 1. The first-order chi connectivity index (χ1) is 31.9. The first-order valence-electron chi connectivity index (χ1n) is 23.3. The number of piperidine rings is 2. The Labute approximate surface area is 381 Å². The van der Waals surface area contributed by atoms with E-state index < -0.39 is 29.3 Å². The van der Waals surface area contributed by atoms with Crippen molar-refractivity contribution >= 4 is 51.8 Å². The number of aliphatic hydroxyl groups is 1. The van der Waals surface area contributed by atoms with Crippen LogP contribution < -0.4 is 31.3 Å². The molecule has 1 unspecified atom stereocenters. The van der Waals surface area contributed by atoms with Crippen molar-refractivity contribution in [2.45, 2.75) is 95.4 Å². The Morgan fingerprint density at radius 1 is 0.848 bits per heavy atom. The Hall–Kier alpha value is -6.46. The zero-order chi connectivity index (χ0) is 45.6. The number of carbonyl (C=O) groups excluding carboxylic acids is 3. The first kappa shape index (κ1) is 43.4. The average Bonchev–Trinajstić information content (AvgIpc) is 3.59. The van der Waals surface area contributed by atoms with Gasteiger partial charge in [0.15, 0.2) is 17.3 Å². The van der Waals surface area contributed by atoms with Gasteiger partial charge in [0, 0.05) is 69.3 Å². The number of amides is 3. The Bertz CT molecular complexity index is 2740. The van der Waals surface area contributed by atoms with Crippen LogP contribution in [-0.2, 0) is 21.7 Å². The Kier molecular flexibility index (Phi) is 11.7. The monoisotopic (exact) mass is 897 g/mol. The van der Waals surface area contributed by atoms with Crippen molar-refractivity contribution in [2.24, 2.45) is 5.41 Å². The van der Waals surface area contributed by atoms with Crippen LogP contribution in [0, 0.1) is 11.2 Å². The number of pyridine rings is 1. The van der Waals surface area contributed by atoms with Crippen molar-refractivity contribution in [3.05, 3.63) is 106 Å². The largest absolute Gasteiger partial charge is 0.384 e. The van der Waals surface area contributed by atoms with Crippen molar-refractivity contribution in [1.82, 2.24) is 39.8 Å². The number of anilines is 4. The molecule has 1 saturated carbocycles. The number of nitrogens with one attached hydrogen (secondary N) is 3. The molecule has 4 fully saturated rings. The van der Waals surface area contributed by atoms with Gasteiger partial charge in [0.25, 0.3) is 11.5 Å².